The summed E-state index contributed by atoms with van der Waals surface area (Å²) >= 11 is 0. The van der Waals surface area contributed by atoms with Crippen LogP contribution in [0.4, 0.5) is 0 Å². The number of hydrogen-bond acceptors (Lipinski definition) is 3. The Hall–Kier alpha value is -1.39. The number of amides is 1. The molecule has 0 aromatic heterocycles. The van der Waals surface area contributed by atoms with E-state index in [9.17, 15) is 9.90 Å². The molecule has 0 unspecified atom stereocenters. The van der Waals surface area contributed by atoms with Crippen LogP contribution in [0.2, 0.25) is 0 Å². The molecule has 1 saturated heterocycles. The summed E-state index contributed by atoms with van der Waals surface area (Å²) in [6.07, 6.45) is 4.00. The molecule has 3 rings (SSSR count). The van der Waals surface area contributed by atoms with Crippen molar-refractivity contribution in [2.24, 2.45) is 17.6 Å². The summed E-state index contributed by atoms with van der Waals surface area (Å²) < 4.78 is 0. The summed E-state index contributed by atoms with van der Waals surface area (Å²) in [6.45, 7) is 5.10. The van der Waals surface area contributed by atoms with Crippen LogP contribution >= 0.6 is 0 Å². The molecular formula is C19H28N2O2. The number of rotatable bonds is 5. The molecule has 126 valence electrons. The molecule has 1 saturated carbocycles. The van der Waals surface area contributed by atoms with Crippen molar-refractivity contribution in [3.8, 4) is 0 Å². The predicted molar refractivity (Wildman–Crippen MR) is 91.2 cm³/mol. The summed E-state index contributed by atoms with van der Waals surface area (Å²) in [5.74, 6) is 1.31. The predicted octanol–water partition coefficient (Wildman–Crippen LogP) is 2.20. The van der Waals surface area contributed by atoms with Gasteiger partial charge in [0.2, 0.25) is 0 Å². The molecule has 1 amide bonds. The van der Waals surface area contributed by atoms with Gasteiger partial charge in [-0.1, -0.05) is 12.1 Å². The number of carbonyl (C=O) groups is 1. The van der Waals surface area contributed by atoms with E-state index in [0.29, 0.717) is 18.9 Å². The molecular weight excluding hydrogens is 288 g/mol. The Kier molecular flexibility index (Phi) is 4.47. The van der Waals surface area contributed by atoms with Gasteiger partial charge in [-0.05, 0) is 69.1 Å². The molecule has 3 N–H and O–H groups in total. The number of benzene rings is 1. The van der Waals surface area contributed by atoms with Crippen LogP contribution in [-0.4, -0.2) is 40.6 Å². The summed E-state index contributed by atoms with van der Waals surface area (Å²) in [4.78, 5) is 14.7. The van der Waals surface area contributed by atoms with Gasteiger partial charge in [-0.25, -0.2) is 0 Å². The van der Waals surface area contributed by atoms with Gasteiger partial charge in [0, 0.05) is 24.7 Å². The van der Waals surface area contributed by atoms with E-state index in [0.717, 1.165) is 30.0 Å². The zero-order valence-corrected chi connectivity index (χ0v) is 14.2. The molecule has 2 aliphatic rings. The van der Waals surface area contributed by atoms with Crippen molar-refractivity contribution in [2.45, 2.75) is 51.2 Å². The number of hydrogen-bond donors (Lipinski definition) is 2. The zero-order valence-electron chi connectivity index (χ0n) is 14.2. The molecule has 0 bridgehead atoms. The van der Waals surface area contributed by atoms with Gasteiger partial charge < -0.3 is 15.7 Å². The Morgan fingerprint density at radius 2 is 2.09 bits per heavy atom. The smallest absolute Gasteiger partial charge is 0.253 e. The second-order valence-corrected chi connectivity index (χ2v) is 7.89. The molecule has 4 heteroatoms. The lowest BCUT2D eigenvalue weighted by Crippen LogP contribution is -2.32. The molecule has 2 fully saturated rings. The molecule has 1 aromatic carbocycles. The van der Waals surface area contributed by atoms with E-state index in [1.165, 1.54) is 12.8 Å². The molecule has 1 aromatic rings. The number of carbonyl (C=O) groups excluding carboxylic acids is 1. The highest BCUT2D eigenvalue weighted by Crippen LogP contribution is 2.41. The lowest BCUT2D eigenvalue weighted by atomic mass is 9.97. The molecule has 0 spiro atoms. The number of aryl methyl sites for hydroxylation is 1. The van der Waals surface area contributed by atoms with Crippen molar-refractivity contribution in [1.29, 1.82) is 0 Å². The lowest BCUT2D eigenvalue weighted by Gasteiger charge is -2.18. The fourth-order valence-electron chi connectivity index (χ4n) is 3.54. The first-order valence-corrected chi connectivity index (χ1v) is 8.70. The van der Waals surface area contributed by atoms with Gasteiger partial charge in [-0.15, -0.1) is 0 Å². The molecule has 2 atom stereocenters. The van der Waals surface area contributed by atoms with Gasteiger partial charge in [0.1, 0.15) is 0 Å². The summed E-state index contributed by atoms with van der Waals surface area (Å²) in [7, 11) is 0. The van der Waals surface area contributed by atoms with Crippen LogP contribution in [0, 0.1) is 11.8 Å². The van der Waals surface area contributed by atoms with Crippen LogP contribution in [-0.2, 0) is 6.42 Å². The van der Waals surface area contributed by atoms with Crippen molar-refractivity contribution in [3.63, 3.8) is 0 Å². The second-order valence-electron chi connectivity index (χ2n) is 7.89. The first-order valence-electron chi connectivity index (χ1n) is 8.70. The van der Waals surface area contributed by atoms with E-state index >= 15 is 0 Å². The van der Waals surface area contributed by atoms with Crippen LogP contribution in [0.5, 0.6) is 0 Å². The minimum absolute atomic E-state index is 0.0914. The van der Waals surface area contributed by atoms with Gasteiger partial charge in [0.15, 0.2) is 0 Å². The molecule has 1 aliphatic carbocycles. The first-order chi connectivity index (χ1) is 10.8. The van der Waals surface area contributed by atoms with Crippen LogP contribution in [0.3, 0.4) is 0 Å². The van der Waals surface area contributed by atoms with Gasteiger partial charge >= 0.3 is 0 Å². The Bertz CT molecular complexity index is 575. The molecule has 23 heavy (non-hydrogen) atoms. The fraction of sp³-hybridized carbons (Fsp3) is 0.632. The number of aliphatic hydroxyl groups is 1. The minimum Gasteiger partial charge on any atom is -0.390 e. The Labute approximate surface area is 138 Å². The number of likely N-dealkylation sites (tertiary alicyclic amines) is 1. The SMILES string of the molecule is CC(C)(O)CCc1cccc(C(=O)N2C[C@H](C3CC3)[C@@H](N)C2)c1. The average molecular weight is 316 g/mol. The first kappa shape index (κ1) is 16.5. The molecule has 1 aliphatic heterocycles. The summed E-state index contributed by atoms with van der Waals surface area (Å²) in [5, 5.41) is 9.86. The molecule has 1 heterocycles. The number of nitrogens with two attached hydrogens (primary N) is 1. The van der Waals surface area contributed by atoms with E-state index in [-0.39, 0.29) is 11.9 Å². The molecule has 0 radical (unpaired) electrons. The van der Waals surface area contributed by atoms with Crippen LogP contribution < -0.4 is 5.73 Å². The maximum atomic E-state index is 12.8. The largest absolute Gasteiger partial charge is 0.390 e. The van der Waals surface area contributed by atoms with Crippen LogP contribution in [0.25, 0.3) is 0 Å². The summed E-state index contributed by atoms with van der Waals surface area (Å²) in [6, 6.07) is 7.92. The van der Waals surface area contributed by atoms with E-state index in [2.05, 4.69) is 0 Å². The normalized spacial score (nSPS) is 25.0. The standard InChI is InChI=1S/C19H28N2O2/c1-19(2,23)9-8-13-4-3-5-15(10-13)18(22)21-11-16(14-6-7-14)17(20)12-21/h3-5,10,14,16-17,23H,6-9,11-12,20H2,1-2H3/t16-,17+/m1/s1. The highest BCUT2D eigenvalue weighted by Gasteiger charge is 2.42. The van der Waals surface area contributed by atoms with Crippen molar-refractivity contribution in [1.82, 2.24) is 4.90 Å². The molecule has 4 nitrogen and oxygen atoms in total. The van der Waals surface area contributed by atoms with E-state index in [1.54, 1.807) is 0 Å². The third-order valence-electron chi connectivity index (χ3n) is 5.13. The Balaban J connectivity index is 1.65. The van der Waals surface area contributed by atoms with Crippen molar-refractivity contribution >= 4 is 5.91 Å². The quantitative estimate of drug-likeness (QED) is 0.875. The van der Waals surface area contributed by atoms with Crippen molar-refractivity contribution in [3.05, 3.63) is 35.4 Å². The van der Waals surface area contributed by atoms with E-state index < -0.39 is 5.60 Å². The van der Waals surface area contributed by atoms with Crippen LogP contribution in [0.1, 0.15) is 49.0 Å². The third kappa shape index (κ3) is 4.12. The van der Waals surface area contributed by atoms with Crippen LogP contribution in [0.15, 0.2) is 24.3 Å². The van der Waals surface area contributed by atoms with Gasteiger partial charge in [0.25, 0.3) is 5.91 Å². The van der Waals surface area contributed by atoms with Gasteiger partial charge in [-0.2, -0.15) is 0 Å². The Morgan fingerprint density at radius 1 is 1.35 bits per heavy atom. The highest BCUT2D eigenvalue weighted by molar-refractivity contribution is 5.94. The minimum atomic E-state index is -0.681. The van der Waals surface area contributed by atoms with Crippen molar-refractivity contribution in [2.75, 3.05) is 13.1 Å². The fourth-order valence-corrected chi connectivity index (χ4v) is 3.54. The van der Waals surface area contributed by atoms with E-state index in [1.807, 2.05) is 43.0 Å². The topological polar surface area (TPSA) is 66.6 Å². The summed E-state index contributed by atoms with van der Waals surface area (Å²) in [5.41, 5.74) is 7.38. The van der Waals surface area contributed by atoms with E-state index in [4.69, 9.17) is 5.73 Å². The second kappa shape index (κ2) is 6.25. The highest BCUT2D eigenvalue weighted by atomic mass is 16.3. The monoisotopic (exact) mass is 316 g/mol. The zero-order chi connectivity index (χ0) is 16.6. The Morgan fingerprint density at radius 3 is 2.74 bits per heavy atom. The average Bonchev–Trinajstić information content (AvgIpc) is 3.27. The lowest BCUT2D eigenvalue weighted by molar-refractivity contribution is 0.0714. The maximum absolute atomic E-state index is 12.8. The van der Waals surface area contributed by atoms with Gasteiger partial charge in [0.05, 0.1) is 5.60 Å². The number of nitrogens with zero attached hydrogens (tertiary/aromatic N) is 1. The van der Waals surface area contributed by atoms with Crippen molar-refractivity contribution < 1.29 is 9.90 Å². The maximum Gasteiger partial charge on any atom is 0.253 e. The van der Waals surface area contributed by atoms with Gasteiger partial charge in [-0.3, -0.25) is 4.79 Å². The third-order valence-corrected chi connectivity index (χ3v) is 5.13.